The highest BCUT2D eigenvalue weighted by molar-refractivity contribution is 4.79. The summed E-state index contributed by atoms with van der Waals surface area (Å²) in [6.45, 7) is 10.2. The molecule has 0 bridgehead atoms. The summed E-state index contributed by atoms with van der Waals surface area (Å²) in [5.41, 5.74) is 0. The van der Waals surface area contributed by atoms with Crippen molar-refractivity contribution in [1.82, 2.24) is 5.32 Å². The van der Waals surface area contributed by atoms with Crippen LogP contribution in [-0.2, 0) is 9.47 Å². The van der Waals surface area contributed by atoms with Crippen molar-refractivity contribution in [2.24, 2.45) is 5.92 Å². The van der Waals surface area contributed by atoms with Gasteiger partial charge in [0.2, 0.25) is 0 Å². The highest BCUT2D eigenvalue weighted by Crippen LogP contribution is 2.18. The zero-order valence-electron chi connectivity index (χ0n) is 11.0. The Hall–Kier alpha value is -0.120. The molecule has 1 rings (SSSR count). The van der Waals surface area contributed by atoms with E-state index in [0.717, 1.165) is 39.2 Å². The van der Waals surface area contributed by atoms with Crippen LogP contribution in [0.3, 0.4) is 0 Å². The van der Waals surface area contributed by atoms with Gasteiger partial charge in [0.15, 0.2) is 0 Å². The van der Waals surface area contributed by atoms with Crippen LogP contribution in [0.15, 0.2) is 0 Å². The van der Waals surface area contributed by atoms with E-state index in [1.165, 1.54) is 6.42 Å². The van der Waals surface area contributed by atoms with E-state index in [1.54, 1.807) is 0 Å². The maximum absolute atomic E-state index is 5.61. The molecule has 3 nitrogen and oxygen atoms in total. The Morgan fingerprint density at radius 3 is 2.94 bits per heavy atom. The van der Waals surface area contributed by atoms with Gasteiger partial charge in [-0.05, 0) is 45.6 Å². The van der Waals surface area contributed by atoms with Crippen LogP contribution < -0.4 is 5.32 Å². The first kappa shape index (κ1) is 13.9. The summed E-state index contributed by atoms with van der Waals surface area (Å²) in [6.07, 6.45) is 3.80. The minimum atomic E-state index is 0.339. The standard InChI is InChI=1S/C13H27NO2/c1-4-7-14-13-6-8-15-10-12(13)5-9-16-11(2)3/h11-14H,4-10H2,1-3H3. The Labute approximate surface area is 99.9 Å². The molecule has 2 atom stereocenters. The topological polar surface area (TPSA) is 30.5 Å². The second-order valence-corrected chi connectivity index (χ2v) is 4.89. The van der Waals surface area contributed by atoms with Crippen LogP contribution in [0.25, 0.3) is 0 Å². The van der Waals surface area contributed by atoms with Gasteiger partial charge in [-0.2, -0.15) is 0 Å². The molecule has 1 N–H and O–H groups in total. The maximum Gasteiger partial charge on any atom is 0.0518 e. The summed E-state index contributed by atoms with van der Waals surface area (Å²) in [4.78, 5) is 0. The molecule has 0 spiro atoms. The second kappa shape index (κ2) is 8.04. The molecule has 3 heteroatoms. The largest absolute Gasteiger partial charge is 0.381 e. The monoisotopic (exact) mass is 229 g/mol. The SMILES string of the molecule is CCCNC1CCOCC1CCOC(C)C. The lowest BCUT2D eigenvalue weighted by atomic mass is 9.93. The van der Waals surface area contributed by atoms with E-state index in [9.17, 15) is 0 Å². The fourth-order valence-corrected chi connectivity index (χ4v) is 2.13. The van der Waals surface area contributed by atoms with Crippen molar-refractivity contribution < 1.29 is 9.47 Å². The summed E-state index contributed by atoms with van der Waals surface area (Å²) >= 11 is 0. The molecule has 1 aliphatic rings. The highest BCUT2D eigenvalue weighted by Gasteiger charge is 2.24. The second-order valence-electron chi connectivity index (χ2n) is 4.89. The fraction of sp³-hybridized carbons (Fsp3) is 1.00. The van der Waals surface area contributed by atoms with Gasteiger partial charge in [0.05, 0.1) is 12.7 Å². The maximum atomic E-state index is 5.61. The van der Waals surface area contributed by atoms with Crippen LogP contribution in [0, 0.1) is 5.92 Å². The Kier molecular flexibility index (Phi) is 7.01. The Bertz CT molecular complexity index is 173. The molecule has 0 aromatic heterocycles. The van der Waals surface area contributed by atoms with Crippen molar-refractivity contribution in [2.75, 3.05) is 26.4 Å². The zero-order chi connectivity index (χ0) is 11.8. The van der Waals surface area contributed by atoms with Crippen LogP contribution in [0.4, 0.5) is 0 Å². The van der Waals surface area contributed by atoms with Crippen LogP contribution >= 0.6 is 0 Å². The van der Waals surface area contributed by atoms with Gasteiger partial charge in [-0.25, -0.2) is 0 Å². The zero-order valence-corrected chi connectivity index (χ0v) is 11.0. The van der Waals surface area contributed by atoms with Gasteiger partial charge in [-0.1, -0.05) is 6.92 Å². The van der Waals surface area contributed by atoms with E-state index in [2.05, 4.69) is 26.1 Å². The number of hydrogen-bond acceptors (Lipinski definition) is 3. The highest BCUT2D eigenvalue weighted by atomic mass is 16.5. The van der Waals surface area contributed by atoms with E-state index in [-0.39, 0.29) is 0 Å². The number of ether oxygens (including phenoxy) is 2. The number of rotatable bonds is 7. The molecular formula is C13H27NO2. The van der Waals surface area contributed by atoms with Crippen molar-refractivity contribution in [3.8, 4) is 0 Å². The lowest BCUT2D eigenvalue weighted by molar-refractivity contribution is 0.00489. The molecule has 0 aliphatic carbocycles. The third-order valence-corrected chi connectivity index (χ3v) is 3.07. The van der Waals surface area contributed by atoms with E-state index >= 15 is 0 Å². The molecule has 0 saturated carbocycles. The fourth-order valence-electron chi connectivity index (χ4n) is 2.13. The molecule has 1 fully saturated rings. The minimum absolute atomic E-state index is 0.339. The molecule has 1 heterocycles. The van der Waals surface area contributed by atoms with E-state index in [0.29, 0.717) is 18.1 Å². The van der Waals surface area contributed by atoms with Crippen molar-refractivity contribution >= 4 is 0 Å². The molecule has 0 amide bonds. The van der Waals surface area contributed by atoms with Gasteiger partial charge in [-0.15, -0.1) is 0 Å². The average Bonchev–Trinajstić information content (AvgIpc) is 2.27. The lowest BCUT2D eigenvalue weighted by Crippen LogP contribution is -2.43. The summed E-state index contributed by atoms with van der Waals surface area (Å²) in [7, 11) is 0. The van der Waals surface area contributed by atoms with Crippen molar-refractivity contribution in [3.63, 3.8) is 0 Å². The normalized spacial score (nSPS) is 26.2. The molecule has 0 aromatic carbocycles. The third-order valence-electron chi connectivity index (χ3n) is 3.07. The molecule has 16 heavy (non-hydrogen) atoms. The molecule has 1 aliphatic heterocycles. The van der Waals surface area contributed by atoms with Crippen LogP contribution in [0.2, 0.25) is 0 Å². The van der Waals surface area contributed by atoms with Crippen LogP contribution in [0.1, 0.15) is 40.0 Å². The first-order valence-electron chi connectivity index (χ1n) is 6.66. The van der Waals surface area contributed by atoms with Crippen LogP contribution in [-0.4, -0.2) is 38.5 Å². The van der Waals surface area contributed by atoms with E-state index < -0.39 is 0 Å². The Morgan fingerprint density at radius 2 is 2.25 bits per heavy atom. The first-order chi connectivity index (χ1) is 7.74. The summed E-state index contributed by atoms with van der Waals surface area (Å²) in [5, 5.41) is 3.62. The minimum Gasteiger partial charge on any atom is -0.381 e. The molecular weight excluding hydrogens is 202 g/mol. The summed E-state index contributed by atoms with van der Waals surface area (Å²) in [5.74, 6) is 0.624. The average molecular weight is 229 g/mol. The van der Waals surface area contributed by atoms with Gasteiger partial charge >= 0.3 is 0 Å². The molecule has 96 valence electrons. The summed E-state index contributed by atoms with van der Waals surface area (Å²) in [6, 6.07) is 0.629. The van der Waals surface area contributed by atoms with Gasteiger partial charge in [0, 0.05) is 19.3 Å². The Morgan fingerprint density at radius 1 is 1.44 bits per heavy atom. The van der Waals surface area contributed by atoms with E-state index in [4.69, 9.17) is 9.47 Å². The number of nitrogens with one attached hydrogen (secondary N) is 1. The Balaban J connectivity index is 2.23. The molecule has 2 unspecified atom stereocenters. The third kappa shape index (κ3) is 5.28. The summed E-state index contributed by atoms with van der Waals surface area (Å²) < 4.78 is 11.2. The van der Waals surface area contributed by atoms with Crippen molar-refractivity contribution in [1.29, 1.82) is 0 Å². The van der Waals surface area contributed by atoms with Crippen molar-refractivity contribution in [3.05, 3.63) is 0 Å². The molecule has 0 radical (unpaired) electrons. The van der Waals surface area contributed by atoms with Gasteiger partial charge in [0.1, 0.15) is 0 Å². The van der Waals surface area contributed by atoms with Gasteiger partial charge in [-0.3, -0.25) is 0 Å². The quantitative estimate of drug-likeness (QED) is 0.726. The first-order valence-corrected chi connectivity index (χ1v) is 6.66. The van der Waals surface area contributed by atoms with Gasteiger partial charge < -0.3 is 14.8 Å². The molecule has 1 saturated heterocycles. The van der Waals surface area contributed by atoms with Crippen molar-refractivity contribution in [2.45, 2.75) is 52.2 Å². The number of hydrogen-bond donors (Lipinski definition) is 1. The van der Waals surface area contributed by atoms with Crippen LogP contribution in [0.5, 0.6) is 0 Å². The van der Waals surface area contributed by atoms with Gasteiger partial charge in [0.25, 0.3) is 0 Å². The smallest absolute Gasteiger partial charge is 0.0518 e. The molecule has 0 aromatic rings. The van der Waals surface area contributed by atoms with E-state index in [1.807, 2.05) is 0 Å². The predicted molar refractivity (Wildman–Crippen MR) is 66.7 cm³/mol. The predicted octanol–water partition coefficient (Wildman–Crippen LogP) is 2.21. The lowest BCUT2D eigenvalue weighted by Gasteiger charge is -2.32.